The number of benzene rings is 1. The largest absolute Gasteiger partial charge is 0.349 e. The zero-order valence-corrected chi connectivity index (χ0v) is 10.8. The number of rotatable bonds is 3. The van der Waals surface area contributed by atoms with Crippen LogP contribution in [0.1, 0.15) is 42.1 Å². The van der Waals surface area contributed by atoms with Gasteiger partial charge in [-0.3, -0.25) is 4.79 Å². The lowest BCUT2D eigenvalue weighted by Crippen LogP contribution is -2.36. The highest BCUT2D eigenvalue weighted by Gasteiger charge is 2.24. The van der Waals surface area contributed by atoms with E-state index in [2.05, 4.69) is 12.2 Å². The Labute approximate surface area is 107 Å². The summed E-state index contributed by atoms with van der Waals surface area (Å²) in [7, 11) is 0. The SMILES string of the molecule is CC1CCCC1NC(=O)c1cccc(CCl)c1. The first kappa shape index (κ1) is 12.4. The molecule has 1 saturated carbocycles. The van der Waals surface area contributed by atoms with Crippen molar-refractivity contribution >= 4 is 17.5 Å². The average molecular weight is 252 g/mol. The van der Waals surface area contributed by atoms with Gasteiger partial charge in [0.1, 0.15) is 0 Å². The number of carbonyl (C=O) groups is 1. The van der Waals surface area contributed by atoms with Gasteiger partial charge in [-0.25, -0.2) is 0 Å². The van der Waals surface area contributed by atoms with Crippen LogP contribution in [0, 0.1) is 5.92 Å². The van der Waals surface area contributed by atoms with E-state index in [4.69, 9.17) is 11.6 Å². The Morgan fingerprint density at radius 2 is 2.29 bits per heavy atom. The maximum atomic E-state index is 12.1. The number of nitrogens with one attached hydrogen (secondary N) is 1. The summed E-state index contributed by atoms with van der Waals surface area (Å²) in [5, 5.41) is 3.11. The van der Waals surface area contributed by atoms with Gasteiger partial charge in [-0.2, -0.15) is 0 Å². The van der Waals surface area contributed by atoms with E-state index >= 15 is 0 Å². The van der Waals surface area contributed by atoms with Crippen molar-refractivity contribution in [3.63, 3.8) is 0 Å². The summed E-state index contributed by atoms with van der Waals surface area (Å²) in [5.41, 5.74) is 1.70. The number of halogens is 1. The Hall–Kier alpha value is -1.02. The Morgan fingerprint density at radius 3 is 2.94 bits per heavy atom. The van der Waals surface area contributed by atoms with Crippen molar-refractivity contribution in [3.8, 4) is 0 Å². The van der Waals surface area contributed by atoms with Crippen LogP contribution in [0.5, 0.6) is 0 Å². The molecule has 1 aromatic rings. The molecule has 0 aromatic heterocycles. The van der Waals surface area contributed by atoms with Gasteiger partial charge in [0, 0.05) is 17.5 Å². The van der Waals surface area contributed by atoms with E-state index in [1.54, 1.807) is 0 Å². The topological polar surface area (TPSA) is 29.1 Å². The fourth-order valence-corrected chi connectivity index (χ4v) is 2.57. The molecule has 0 aliphatic heterocycles. The van der Waals surface area contributed by atoms with Crippen molar-refractivity contribution in [3.05, 3.63) is 35.4 Å². The van der Waals surface area contributed by atoms with Gasteiger partial charge in [0.25, 0.3) is 5.91 Å². The summed E-state index contributed by atoms with van der Waals surface area (Å²) < 4.78 is 0. The first-order valence-electron chi connectivity index (χ1n) is 6.16. The van der Waals surface area contributed by atoms with E-state index < -0.39 is 0 Å². The van der Waals surface area contributed by atoms with Crippen molar-refractivity contribution in [2.45, 2.75) is 38.1 Å². The minimum atomic E-state index is 0.0238. The van der Waals surface area contributed by atoms with Crippen molar-refractivity contribution in [1.29, 1.82) is 0 Å². The van der Waals surface area contributed by atoms with E-state index in [9.17, 15) is 4.79 Å². The number of hydrogen-bond donors (Lipinski definition) is 1. The quantitative estimate of drug-likeness (QED) is 0.821. The fraction of sp³-hybridized carbons (Fsp3) is 0.500. The van der Waals surface area contributed by atoms with Gasteiger partial charge in [0.2, 0.25) is 0 Å². The normalized spacial score (nSPS) is 23.6. The lowest BCUT2D eigenvalue weighted by atomic mass is 10.1. The summed E-state index contributed by atoms with van der Waals surface area (Å²) >= 11 is 5.77. The van der Waals surface area contributed by atoms with Crippen molar-refractivity contribution in [2.24, 2.45) is 5.92 Å². The standard InChI is InChI=1S/C14H18ClNO/c1-10-4-2-7-13(10)16-14(17)12-6-3-5-11(8-12)9-15/h3,5-6,8,10,13H,2,4,7,9H2,1H3,(H,16,17). The van der Waals surface area contributed by atoms with Crippen LogP contribution in [-0.2, 0) is 5.88 Å². The number of amides is 1. The molecule has 0 bridgehead atoms. The molecule has 1 fully saturated rings. The van der Waals surface area contributed by atoms with Crippen LogP contribution >= 0.6 is 11.6 Å². The van der Waals surface area contributed by atoms with Crippen LogP contribution in [0.15, 0.2) is 24.3 Å². The summed E-state index contributed by atoms with van der Waals surface area (Å²) in [5.74, 6) is 1.06. The molecular weight excluding hydrogens is 234 g/mol. The number of alkyl halides is 1. The Balaban J connectivity index is 2.03. The van der Waals surface area contributed by atoms with Gasteiger partial charge in [-0.1, -0.05) is 25.5 Å². The maximum Gasteiger partial charge on any atom is 0.251 e. The number of hydrogen-bond acceptors (Lipinski definition) is 1. The van der Waals surface area contributed by atoms with Gasteiger partial charge in [0.15, 0.2) is 0 Å². The van der Waals surface area contributed by atoms with Crippen LogP contribution in [-0.4, -0.2) is 11.9 Å². The van der Waals surface area contributed by atoms with Crippen LogP contribution in [0.3, 0.4) is 0 Å². The van der Waals surface area contributed by atoms with E-state index in [1.807, 2.05) is 24.3 Å². The van der Waals surface area contributed by atoms with Crippen LogP contribution in [0.4, 0.5) is 0 Å². The van der Waals surface area contributed by atoms with Crippen LogP contribution < -0.4 is 5.32 Å². The third-order valence-corrected chi connectivity index (χ3v) is 3.83. The van der Waals surface area contributed by atoms with Gasteiger partial charge in [0.05, 0.1) is 0 Å². The lowest BCUT2D eigenvalue weighted by molar-refractivity contribution is 0.0929. The smallest absolute Gasteiger partial charge is 0.251 e. The second-order valence-corrected chi connectivity index (χ2v) is 5.09. The van der Waals surface area contributed by atoms with Gasteiger partial charge >= 0.3 is 0 Å². The molecular formula is C14H18ClNO. The molecule has 92 valence electrons. The molecule has 2 nitrogen and oxygen atoms in total. The monoisotopic (exact) mass is 251 g/mol. The molecule has 0 heterocycles. The second kappa shape index (κ2) is 5.54. The molecule has 1 amide bonds. The molecule has 0 saturated heterocycles. The van der Waals surface area contributed by atoms with E-state index in [1.165, 1.54) is 12.8 Å². The van der Waals surface area contributed by atoms with Crippen molar-refractivity contribution in [2.75, 3.05) is 0 Å². The Morgan fingerprint density at radius 1 is 1.47 bits per heavy atom. The molecule has 3 heteroatoms. The molecule has 0 radical (unpaired) electrons. The average Bonchev–Trinajstić information content (AvgIpc) is 2.75. The molecule has 0 spiro atoms. The minimum Gasteiger partial charge on any atom is -0.349 e. The first-order valence-corrected chi connectivity index (χ1v) is 6.70. The first-order chi connectivity index (χ1) is 8.20. The van der Waals surface area contributed by atoms with Crippen LogP contribution in [0.25, 0.3) is 0 Å². The molecule has 2 atom stereocenters. The van der Waals surface area contributed by atoms with E-state index in [0.29, 0.717) is 23.4 Å². The molecule has 1 aliphatic rings. The molecule has 1 N–H and O–H groups in total. The lowest BCUT2D eigenvalue weighted by Gasteiger charge is -2.17. The Bertz CT molecular complexity index is 405. The van der Waals surface area contributed by atoms with Gasteiger partial charge < -0.3 is 5.32 Å². The molecule has 1 aliphatic carbocycles. The molecule has 2 unspecified atom stereocenters. The van der Waals surface area contributed by atoms with Crippen molar-refractivity contribution in [1.82, 2.24) is 5.32 Å². The highest BCUT2D eigenvalue weighted by molar-refractivity contribution is 6.17. The summed E-state index contributed by atoms with van der Waals surface area (Å²) in [6, 6.07) is 7.85. The zero-order valence-electron chi connectivity index (χ0n) is 10.1. The highest BCUT2D eigenvalue weighted by atomic mass is 35.5. The second-order valence-electron chi connectivity index (χ2n) is 4.82. The maximum absolute atomic E-state index is 12.1. The van der Waals surface area contributed by atoms with E-state index in [0.717, 1.165) is 12.0 Å². The summed E-state index contributed by atoms with van der Waals surface area (Å²) in [4.78, 5) is 12.1. The predicted octanol–water partition coefficient (Wildman–Crippen LogP) is 3.34. The molecule has 17 heavy (non-hydrogen) atoms. The molecule has 2 rings (SSSR count). The Kier molecular flexibility index (Phi) is 4.06. The third-order valence-electron chi connectivity index (χ3n) is 3.52. The van der Waals surface area contributed by atoms with Crippen molar-refractivity contribution < 1.29 is 4.79 Å². The van der Waals surface area contributed by atoms with Gasteiger partial charge in [-0.15, -0.1) is 11.6 Å². The van der Waals surface area contributed by atoms with Crippen LogP contribution in [0.2, 0.25) is 0 Å². The molecule has 1 aromatic carbocycles. The third kappa shape index (κ3) is 3.01. The number of carbonyl (C=O) groups excluding carboxylic acids is 1. The summed E-state index contributed by atoms with van der Waals surface area (Å²) in [6.07, 6.45) is 3.53. The predicted molar refractivity (Wildman–Crippen MR) is 70.3 cm³/mol. The minimum absolute atomic E-state index is 0.0238. The summed E-state index contributed by atoms with van der Waals surface area (Å²) in [6.45, 7) is 2.20. The highest BCUT2D eigenvalue weighted by Crippen LogP contribution is 2.25. The zero-order chi connectivity index (χ0) is 12.3. The van der Waals surface area contributed by atoms with Gasteiger partial charge in [-0.05, 0) is 36.5 Å². The fourth-order valence-electron chi connectivity index (χ4n) is 2.41. The van der Waals surface area contributed by atoms with E-state index in [-0.39, 0.29) is 5.91 Å².